The van der Waals surface area contributed by atoms with Gasteiger partial charge in [-0.1, -0.05) is 27.7 Å². The van der Waals surface area contributed by atoms with Crippen LogP contribution < -0.4 is 4.90 Å². The molecule has 18 heavy (non-hydrogen) atoms. The molecule has 3 nitrogen and oxygen atoms in total. The normalized spacial score (nSPS) is 8.00. The van der Waals surface area contributed by atoms with Gasteiger partial charge < -0.3 is 4.90 Å². The number of benzene rings is 1. The summed E-state index contributed by atoms with van der Waals surface area (Å²) in [7, 11) is 8.88. The van der Waals surface area contributed by atoms with Crippen LogP contribution in [0.25, 0.3) is 0 Å². The molecule has 0 heterocycles. The molecule has 1 aromatic carbocycles. The van der Waals surface area contributed by atoms with Crippen molar-refractivity contribution in [2.24, 2.45) is 10.1 Å². The Morgan fingerprint density at radius 3 is 1.61 bits per heavy atom. The van der Waals surface area contributed by atoms with Gasteiger partial charge in [-0.3, -0.25) is 5.03 Å². The molecule has 102 valence electrons. The Morgan fingerprint density at radius 1 is 0.944 bits per heavy atom. The molecule has 0 aliphatic rings. The average molecular weight is 473 g/mol. The Kier molecular flexibility index (Phi) is 25.2. The van der Waals surface area contributed by atoms with Gasteiger partial charge in [0.1, 0.15) is 0 Å². The van der Waals surface area contributed by atoms with Crippen molar-refractivity contribution in [1.82, 2.24) is 0 Å². The zero-order valence-corrected chi connectivity index (χ0v) is 16.3. The zero-order valence-electron chi connectivity index (χ0n) is 12.0. The third-order valence-electron chi connectivity index (χ3n) is 1.54. The highest BCUT2D eigenvalue weighted by Gasteiger charge is 1.93. The predicted molar refractivity (Wildman–Crippen MR) is 102 cm³/mol. The monoisotopic (exact) mass is 473 g/mol. The lowest BCUT2D eigenvalue weighted by molar-refractivity contribution is 1.13. The van der Waals surface area contributed by atoms with Gasteiger partial charge in [0.25, 0.3) is 7.98 Å². The van der Waals surface area contributed by atoms with Gasteiger partial charge in [0.2, 0.25) is 0 Å². The molecule has 2 radical (unpaired) electrons. The van der Waals surface area contributed by atoms with E-state index in [0.717, 1.165) is 11.4 Å². The van der Waals surface area contributed by atoms with Crippen LogP contribution in [0.3, 0.4) is 0 Å². The van der Waals surface area contributed by atoms with Gasteiger partial charge in [0.05, 0.1) is 5.69 Å². The minimum Gasteiger partial charge on any atom is -0.378 e. The zero-order chi connectivity index (χ0) is 15.0. The van der Waals surface area contributed by atoms with E-state index in [1.807, 2.05) is 71.0 Å². The van der Waals surface area contributed by atoms with Gasteiger partial charge in [-0.05, 0) is 24.3 Å². The van der Waals surface area contributed by atoms with E-state index in [0.29, 0.717) is 0 Å². The van der Waals surface area contributed by atoms with Crippen LogP contribution in [0.5, 0.6) is 0 Å². The summed E-state index contributed by atoms with van der Waals surface area (Å²) in [6.45, 7) is 8.00. The van der Waals surface area contributed by atoms with Crippen molar-refractivity contribution in [3.63, 3.8) is 0 Å². The van der Waals surface area contributed by atoms with Gasteiger partial charge in [-0.2, -0.15) is 5.11 Å². The highest BCUT2D eigenvalue weighted by molar-refractivity contribution is 15.0. The number of hydrogen-bond donors (Lipinski definition) is 0. The lowest BCUT2D eigenvalue weighted by atomic mass is 10.3. The first-order valence-electron chi connectivity index (χ1n) is 5.76. The molecule has 0 atom stereocenters. The predicted octanol–water partition coefficient (Wildman–Crippen LogP) is 5.74. The second-order valence-electron chi connectivity index (χ2n) is 2.63. The van der Waals surface area contributed by atoms with E-state index < -0.39 is 0 Å². The van der Waals surface area contributed by atoms with Crippen molar-refractivity contribution in [2.45, 2.75) is 27.7 Å². The molecule has 0 N–H and O–H groups in total. The average Bonchev–Trinajstić information content (AvgIpc) is 2.46. The summed E-state index contributed by atoms with van der Waals surface area (Å²) in [5.74, 6) is 0. The maximum atomic E-state index is 4.91. The first-order valence-corrected chi connectivity index (χ1v) is 12.0. The maximum absolute atomic E-state index is 4.91. The summed E-state index contributed by atoms with van der Waals surface area (Å²) in [5, 5.41) is 6.88. The number of nitrogens with zero attached hydrogens (tertiary/aromatic N) is 3. The minimum atomic E-state index is 0.767. The minimum absolute atomic E-state index is 0.767. The van der Waals surface area contributed by atoms with Crippen LogP contribution in [-0.2, 0) is 0 Å². The maximum Gasteiger partial charge on any atom is 0.293 e. The molecule has 1 rings (SSSR count). The van der Waals surface area contributed by atoms with E-state index in [1.54, 1.807) is 0 Å². The standard InChI is InChI=1S/C8H10BN3.2C2H6.I2/c1-12(2)8-5-3-7(4-6-8)10-11-9;3*1-2/h3-6H,1-2H3;2*1-2H3;. The summed E-state index contributed by atoms with van der Waals surface area (Å²) in [5.41, 5.74) is 1.90. The van der Waals surface area contributed by atoms with Crippen molar-refractivity contribution in [3.05, 3.63) is 24.3 Å². The molecule has 0 amide bonds. The van der Waals surface area contributed by atoms with Crippen LogP contribution in [0, 0.1) is 0 Å². The Balaban J connectivity index is -0.000000328. The molecule has 0 bridgehead atoms. The lowest BCUT2D eigenvalue weighted by Gasteiger charge is -2.11. The highest BCUT2D eigenvalue weighted by Crippen LogP contribution is 2.17. The summed E-state index contributed by atoms with van der Waals surface area (Å²) >= 11 is 4.24. The summed E-state index contributed by atoms with van der Waals surface area (Å²) in [4.78, 5) is 2.02. The van der Waals surface area contributed by atoms with Gasteiger partial charge >= 0.3 is 0 Å². The van der Waals surface area contributed by atoms with Gasteiger partial charge in [0.15, 0.2) is 0 Å². The largest absolute Gasteiger partial charge is 0.378 e. The number of anilines is 1. The molecule has 0 spiro atoms. The van der Waals surface area contributed by atoms with Crippen molar-refractivity contribution in [3.8, 4) is 0 Å². The molecule has 1 aromatic rings. The van der Waals surface area contributed by atoms with Crippen LogP contribution >= 0.6 is 37.2 Å². The van der Waals surface area contributed by atoms with Crippen LogP contribution in [0.2, 0.25) is 0 Å². The molecule has 0 aromatic heterocycles. The SMILES string of the molecule is CC.CC.II.[B]N=Nc1ccc(N(C)C)cc1. The van der Waals surface area contributed by atoms with E-state index in [-0.39, 0.29) is 0 Å². The van der Waals surface area contributed by atoms with E-state index >= 15 is 0 Å². The fraction of sp³-hybridized carbons (Fsp3) is 0.500. The van der Waals surface area contributed by atoms with Crippen LogP contribution in [0.1, 0.15) is 27.7 Å². The van der Waals surface area contributed by atoms with Gasteiger partial charge in [0, 0.05) is 57.0 Å². The van der Waals surface area contributed by atoms with Crippen LogP contribution in [0.4, 0.5) is 11.4 Å². The number of rotatable bonds is 2. The summed E-state index contributed by atoms with van der Waals surface area (Å²) in [6.07, 6.45) is 0. The van der Waals surface area contributed by atoms with E-state index in [9.17, 15) is 0 Å². The summed E-state index contributed by atoms with van der Waals surface area (Å²) in [6, 6.07) is 7.66. The lowest BCUT2D eigenvalue weighted by Crippen LogP contribution is -2.07. The van der Waals surface area contributed by atoms with Gasteiger partial charge in [-0.25, -0.2) is 0 Å². The highest BCUT2D eigenvalue weighted by atomic mass is 128. The Labute approximate surface area is 137 Å². The molecule has 6 heteroatoms. The smallest absolute Gasteiger partial charge is 0.293 e. The number of halogens is 2. The molecular formula is C12H22BI2N3. The fourth-order valence-electron chi connectivity index (χ4n) is 0.884. The van der Waals surface area contributed by atoms with Crippen LogP contribution in [0.15, 0.2) is 34.4 Å². The molecule has 0 aliphatic heterocycles. The fourth-order valence-corrected chi connectivity index (χ4v) is 0.884. The summed E-state index contributed by atoms with van der Waals surface area (Å²) < 4.78 is 0. The van der Waals surface area contributed by atoms with Crippen molar-refractivity contribution >= 4 is 56.6 Å². The second-order valence-corrected chi connectivity index (χ2v) is 2.63. The van der Waals surface area contributed by atoms with Crippen molar-refractivity contribution in [1.29, 1.82) is 0 Å². The first kappa shape index (κ1) is 23.3. The van der Waals surface area contributed by atoms with Crippen LogP contribution in [-0.4, -0.2) is 22.1 Å². The molecule has 0 aliphatic carbocycles. The molecule has 0 unspecified atom stereocenters. The third kappa shape index (κ3) is 12.6. The topological polar surface area (TPSA) is 28.0 Å². The second kappa shape index (κ2) is 19.5. The van der Waals surface area contributed by atoms with E-state index in [2.05, 4.69) is 47.4 Å². The van der Waals surface area contributed by atoms with E-state index in [1.165, 1.54) is 0 Å². The Morgan fingerprint density at radius 2 is 1.33 bits per heavy atom. The molecule has 0 saturated heterocycles. The Hall–Kier alpha value is 0.145. The first-order chi connectivity index (χ1) is 8.74. The van der Waals surface area contributed by atoms with Crippen molar-refractivity contribution in [2.75, 3.05) is 19.0 Å². The molecule has 0 fully saturated rings. The van der Waals surface area contributed by atoms with Gasteiger partial charge in [-0.15, -0.1) is 0 Å². The third-order valence-corrected chi connectivity index (χ3v) is 1.54. The molecule has 0 saturated carbocycles. The number of hydrogen-bond acceptors (Lipinski definition) is 3. The van der Waals surface area contributed by atoms with Crippen molar-refractivity contribution < 1.29 is 0 Å². The molecular weight excluding hydrogens is 451 g/mol. The quantitative estimate of drug-likeness (QED) is 0.306. The van der Waals surface area contributed by atoms with E-state index in [4.69, 9.17) is 7.98 Å². The Bertz CT molecular complexity index is 277.